The normalized spacial score (nSPS) is 19.7. The van der Waals surface area contributed by atoms with Gasteiger partial charge in [-0.1, -0.05) is 69.7 Å². The minimum Gasteiger partial charge on any atom is -0.341 e. The van der Waals surface area contributed by atoms with Crippen LogP contribution >= 0.6 is 0 Å². The van der Waals surface area contributed by atoms with E-state index >= 15 is 0 Å². The molecule has 0 saturated carbocycles. The van der Waals surface area contributed by atoms with Crippen LogP contribution in [0, 0.1) is 0 Å². The Bertz CT molecular complexity index is 1650. The SMILES string of the molecule is CC[N+](CC)(CC)CCCC(C)(CCC[N+](CC)(CC)CC)c1ccc2c(c1)C=[N+]1C(C)(C)C[N+]3=Cc4cc(C(C)(C)C)cc(C(C)(C)C)c4OC31O2. The second-order valence-corrected chi connectivity index (χ2v) is 19.8. The summed E-state index contributed by atoms with van der Waals surface area (Å²) >= 11 is 0. The number of fused-ring (bicyclic) bond motifs is 2. The number of hydrogen-bond donors (Lipinski definition) is 0. The summed E-state index contributed by atoms with van der Waals surface area (Å²) in [6, 6.07) is 10.7. The number of ether oxygens (including phenoxy) is 2. The van der Waals surface area contributed by atoms with Crippen molar-refractivity contribution in [1.82, 2.24) is 0 Å². The first kappa shape index (κ1) is 41.5. The van der Waals surface area contributed by atoms with Gasteiger partial charge in [0.1, 0.15) is 0 Å². The maximum absolute atomic E-state index is 7.26. The Hall–Kier alpha value is -2.70. The standard InChI is InChI=1S/C47H78N4O2/c1-16-50(17-2,18-3)28-22-26-46(15,27-23-29-51(19-4,20-5)21-6)38-24-25-41-36(30-38)34-49-45(13,14)35-48-33-37-31-39(43(7,8)9)32-40(44(10,11)12)42(37)53-47(48,49)52-41/h24-25,30-34H,16-23,26-29,35H2,1-15H3/q+4. The molecular weight excluding hydrogens is 653 g/mol. The molecule has 53 heavy (non-hydrogen) atoms. The fourth-order valence-corrected chi connectivity index (χ4v) is 9.60. The first-order valence-corrected chi connectivity index (χ1v) is 21.4. The minimum absolute atomic E-state index is 0.0308. The molecule has 0 amide bonds. The largest absolute Gasteiger partial charge is 0.704 e. The Kier molecular flexibility index (Phi) is 11.5. The summed E-state index contributed by atoms with van der Waals surface area (Å²) < 4.78 is 21.5. The van der Waals surface area contributed by atoms with E-state index in [0.29, 0.717) is 0 Å². The molecule has 1 saturated heterocycles. The molecule has 5 rings (SSSR count). The molecule has 1 unspecified atom stereocenters. The number of rotatable bonds is 15. The highest BCUT2D eigenvalue weighted by atomic mass is 16.7. The van der Waals surface area contributed by atoms with Crippen LogP contribution < -0.4 is 9.47 Å². The summed E-state index contributed by atoms with van der Waals surface area (Å²) in [6.45, 7) is 45.7. The van der Waals surface area contributed by atoms with Crippen molar-refractivity contribution in [3.63, 3.8) is 0 Å². The molecule has 2 aromatic rings. The van der Waals surface area contributed by atoms with Crippen molar-refractivity contribution in [2.24, 2.45) is 0 Å². The van der Waals surface area contributed by atoms with Crippen LogP contribution in [0.2, 0.25) is 0 Å². The van der Waals surface area contributed by atoms with Gasteiger partial charge in [0.2, 0.25) is 12.1 Å². The van der Waals surface area contributed by atoms with Crippen LogP contribution in [0.1, 0.15) is 157 Å². The van der Waals surface area contributed by atoms with Gasteiger partial charge in [-0.05, 0) is 113 Å². The monoisotopic (exact) mass is 731 g/mol. The van der Waals surface area contributed by atoms with Gasteiger partial charge in [0.25, 0.3) is 0 Å². The maximum Gasteiger partial charge on any atom is 0.704 e. The van der Waals surface area contributed by atoms with Gasteiger partial charge in [-0.25, -0.2) is 0 Å². The molecule has 0 radical (unpaired) electrons. The molecule has 3 aliphatic rings. The molecule has 3 aliphatic heterocycles. The van der Waals surface area contributed by atoms with Crippen LogP contribution in [0.3, 0.4) is 0 Å². The lowest BCUT2D eigenvalue weighted by molar-refractivity contribution is -0.923. The average Bonchev–Trinajstić information content (AvgIpc) is 3.33. The highest BCUT2D eigenvalue weighted by Crippen LogP contribution is 2.47. The molecular formula is C47H78N4O2+4. The molecule has 0 bridgehead atoms. The third kappa shape index (κ3) is 7.75. The predicted octanol–water partition coefficient (Wildman–Crippen LogP) is 9.60. The fourth-order valence-electron chi connectivity index (χ4n) is 9.60. The van der Waals surface area contributed by atoms with E-state index in [1.807, 2.05) is 0 Å². The molecule has 0 N–H and O–H groups in total. The molecule has 1 fully saturated rings. The summed E-state index contributed by atoms with van der Waals surface area (Å²) in [5.41, 5.74) is 6.10. The van der Waals surface area contributed by atoms with Gasteiger partial charge in [-0.2, -0.15) is 0 Å². The summed E-state index contributed by atoms with van der Waals surface area (Å²) in [4.78, 5) is 0. The quantitative estimate of drug-likeness (QED) is 0.135. The van der Waals surface area contributed by atoms with Gasteiger partial charge in [0.15, 0.2) is 23.9 Å². The second-order valence-electron chi connectivity index (χ2n) is 19.8. The van der Waals surface area contributed by atoms with Crippen molar-refractivity contribution < 1.29 is 27.6 Å². The van der Waals surface area contributed by atoms with E-state index in [0.717, 1.165) is 29.2 Å². The van der Waals surface area contributed by atoms with Crippen LogP contribution in [-0.2, 0) is 16.2 Å². The lowest BCUT2D eigenvalue weighted by Gasteiger charge is -2.39. The van der Waals surface area contributed by atoms with Crippen molar-refractivity contribution in [3.8, 4) is 11.5 Å². The fraction of sp³-hybridized carbons (Fsp3) is 0.702. The third-order valence-corrected chi connectivity index (χ3v) is 14.2. The van der Waals surface area contributed by atoms with Gasteiger partial charge in [-0.15, -0.1) is 0 Å². The molecule has 2 aromatic carbocycles. The Balaban J connectivity index is 1.54. The van der Waals surface area contributed by atoms with E-state index in [9.17, 15) is 0 Å². The Morgan fingerprint density at radius 2 is 1.17 bits per heavy atom. The molecule has 0 aromatic heterocycles. The van der Waals surface area contributed by atoms with Gasteiger partial charge in [0, 0.05) is 19.4 Å². The van der Waals surface area contributed by atoms with E-state index in [2.05, 4.69) is 156 Å². The zero-order valence-electron chi connectivity index (χ0n) is 36.8. The number of hydrogen-bond acceptors (Lipinski definition) is 2. The molecule has 0 aliphatic carbocycles. The Morgan fingerprint density at radius 3 is 1.66 bits per heavy atom. The number of quaternary nitrogens is 2. The third-order valence-electron chi connectivity index (χ3n) is 14.2. The topological polar surface area (TPSA) is 24.5 Å². The van der Waals surface area contributed by atoms with Gasteiger partial charge in [-0.3, -0.25) is 0 Å². The summed E-state index contributed by atoms with van der Waals surface area (Å²) in [7, 11) is 0. The van der Waals surface area contributed by atoms with Crippen LogP contribution in [0.25, 0.3) is 0 Å². The zero-order valence-corrected chi connectivity index (χ0v) is 36.8. The zero-order chi connectivity index (χ0) is 39.3. The van der Waals surface area contributed by atoms with Crippen molar-refractivity contribution >= 4 is 12.4 Å². The highest BCUT2D eigenvalue weighted by molar-refractivity contribution is 5.84. The van der Waals surface area contributed by atoms with Crippen molar-refractivity contribution in [2.45, 2.75) is 157 Å². The predicted molar refractivity (Wildman–Crippen MR) is 223 cm³/mol. The van der Waals surface area contributed by atoms with Gasteiger partial charge < -0.3 is 18.4 Å². The smallest absolute Gasteiger partial charge is 0.341 e. The van der Waals surface area contributed by atoms with Gasteiger partial charge in [0.05, 0.1) is 63.5 Å². The molecule has 1 spiro atoms. The number of nitrogens with zero attached hydrogens (tertiary/aromatic N) is 4. The average molecular weight is 731 g/mol. The molecule has 3 heterocycles. The number of benzene rings is 2. The van der Waals surface area contributed by atoms with Crippen LogP contribution in [0.15, 0.2) is 30.3 Å². The maximum atomic E-state index is 7.26. The van der Waals surface area contributed by atoms with Gasteiger partial charge >= 0.3 is 6.03 Å². The van der Waals surface area contributed by atoms with Crippen LogP contribution in [0.5, 0.6) is 11.5 Å². The second kappa shape index (κ2) is 14.8. The minimum atomic E-state index is -1.07. The Morgan fingerprint density at radius 1 is 0.642 bits per heavy atom. The molecule has 294 valence electrons. The lowest BCUT2D eigenvalue weighted by Crippen LogP contribution is -2.61. The summed E-state index contributed by atoms with van der Waals surface area (Å²) in [5.74, 6) is 1.83. The molecule has 1 atom stereocenters. The van der Waals surface area contributed by atoms with E-state index in [4.69, 9.17) is 9.47 Å². The molecule has 6 nitrogen and oxygen atoms in total. The Labute approximate surface area is 325 Å². The van der Waals surface area contributed by atoms with E-state index in [1.165, 1.54) is 104 Å². The first-order chi connectivity index (χ1) is 24.7. The first-order valence-electron chi connectivity index (χ1n) is 21.4. The molecule has 6 heteroatoms. The van der Waals surface area contributed by atoms with E-state index < -0.39 is 6.03 Å². The van der Waals surface area contributed by atoms with Crippen molar-refractivity contribution in [3.05, 3.63) is 58.1 Å². The van der Waals surface area contributed by atoms with Crippen LogP contribution in [0.4, 0.5) is 0 Å². The van der Waals surface area contributed by atoms with E-state index in [-0.39, 0.29) is 21.8 Å². The highest BCUT2D eigenvalue weighted by Gasteiger charge is 2.75. The van der Waals surface area contributed by atoms with Crippen molar-refractivity contribution in [2.75, 3.05) is 58.9 Å². The van der Waals surface area contributed by atoms with Crippen molar-refractivity contribution in [1.29, 1.82) is 0 Å². The van der Waals surface area contributed by atoms with Crippen LogP contribution in [-0.4, -0.2) is 101 Å². The summed E-state index contributed by atoms with van der Waals surface area (Å²) in [6.07, 6.45) is 9.54. The van der Waals surface area contributed by atoms with E-state index in [1.54, 1.807) is 0 Å². The summed E-state index contributed by atoms with van der Waals surface area (Å²) in [5, 5.41) is 0. The lowest BCUT2D eigenvalue weighted by atomic mass is 9.74.